The quantitative estimate of drug-likeness (QED) is 0.336. The molecule has 0 bridgehead atoms. The van der Waals surface area contributed by atoms with Crippen LogP contribution < -0.4 is 0 Å². The molecule has 0 spiro atoms. The second-order valence-corrected chi connectivity index (χ2v) is 2.19. The van der Waals surface area contributed by atoms with Crippen molar-refractivity contribution in [2.24, 2.45) is 0 Å². The van der Waals surface area contributed by atoms with Crippen LogP contribution in [0.25, 0.3) is 0 Å². The second kappa shape index (κ2) is 4.44. The zero-order valence-electron chi connectivity index (χ0n) is 6.67. The van der Waals surface area contributed by atoms with Crippen LogP contribution in [0.5, 0.6) is 0 Å². The Kier molecular flexibility index (Phi) is 3.91. The van der Waals surface area contributed by atoms with Gasteiger partial charge in [0.15, 0.2) is 5.12 Å². The smallest absolute Gasteiger partial charge is 0.248 e. The van der Waals surface area contributed by atoms with Gasteiger partial charge in [-0.3, -0.25) is 0 Å². The summed E-state index contributed by atoms with van der Waals surface area (Å²) in [5.74, 6) is 0. The molecular formula is C4H9N3O5. The van der Waals surface area contributed by atoms with Gasteiger partial charge in [-0.2, -0.15) is 0 Å². The molecule has 70 valence electrons. The number of hydrazine groups is 2. The van der Waals surface area contributed by atoms with Gasteiger partial charge in [-0.25, -0.2) is 20.2 Å². The van der Waals surface area contributed by atoms with Gasteiger partial charge in [0.1, 0.15) is 0 Å². The van der Waals surface area contributed by atoms with Crippen molar-refractivity contribution >= 4 is 0 Å². The van der Waals surface area contributed by atoms with E-state index < -0.39 is 16.8 Å². The van der Waals surface area contributed by atoms with Gasteiger partial charge in [-0.05, 0) is 13.8 Å². The summed E-state index contributed by atoms with van der Waals surface area (Å²) in [6.07, 6.45) is -0.285. The molecule has 8 heteroatoms. The van der Waals surface area contributed by atoms with Gasteiger partial charge >= 0.3 is 0 Å². The maximum absolute atomic E-state index is 9.96. The van der Waals surface area contributed by atoms with E-state index >= 15 is 0 Å². The maximum atomic E-state index is 9.96. The first-order valence-corrected chi connectivity index (χ1v) is 3.13. The number of rotatable bonds is 5. The minimum atomic E-state index is -1.14. The van der Waals surface area contributed by atoms with E-state index in [-0.39, 0.29) is 11.2 Å². The molecule has 0 aromatic rings. The summed E-state index contributed by atoms with van der Waals surface area (Å²) in [5.41, 5.74) is 0. The number of nitro groups is 2. The van der Waals surface area contributed by atoms with Crippen LogP contribution in [0.2, 0.25) is 0 Å². The average molecular weight is 179 g/mol. The highest BCUT2D eigenvalue weighted by molar-refractivity contribution is 4.31. The third-order valence-corrected chi connectivity index (χ3v) is 0.900. The first-order chi connectivity index (χ1) is 5.45. The summed E-state index contributed by atoms with van der Waals surface area (Å²) in [6.45, 7) is 2.59. The minimum absolute atomic E-state index is 0.222. The monoisotopic (exact) mass is 179 g/mol. The largest absolute Gasteiger partial charge is 0.347 e. The summed E-state index contributed by atoms with van der Waals surface area (Å²) in [4.78, 5) is 19.9. The molecule has 0 aliphatic rings. The van der Waals surface area contributed by atoms with Crippen molar-refractivity contribution in [2.45, 2.75) is 20.0 Å². The fourth-order valence-corrected chi connectivity index (χ4v) is 0.370. The molecule has 0 aromatic carbocycles. The van der Waals surface area contributed by atoms with Crippen LogP contribution in [0.3, 0.4) is 0 Å². The van der Waals surface area contributed by atoms with E-state index in [1.807, 2.05) is 0 Å². The van der Waals surface area contributed by atoms with Crippen molar-refractivity contribution < 1.29 is 14.8 Å². The third-order valence-electron chi connectivity index (χ3n) is 0.900. The Balaban J connectivity index is 3.97. The topological polar surface area (TPSA) is 98.8 Å². The first-order valence-electron chi connectivity index (χ1n) is 3.13. The molecule has 0 fully saturated rings. The molecule has 0 amide bonds. The standard InChI is InChI=1S/C4H9N3O5/c1-4(2)12-3-5(6(8)9)7(10)11/h4H,3H2,1-2H3. The van der Waals surface area contributed by atoms with Gasteiger partial charge in [0.25, 0.3) is 0 Å². The van der Waals surface area contributed by atoms with E-state index in [1.165, 1.54) is 0 Å². The molecule has 8 nitrogen and oxygen atoms in total. The Morgan fingerprint density at radius 2 is 1.75 bits per heavy atom. The molecule has 0 heterocycles. The van der Waals surface area contributed by atoms with Gasteiger partial charge < -0.3 is 4.74 Å². The number of nitrogens with zero attached hydrogens (tertiary/aromatic N) is 3. The van der Waals surface area contributed by atoms with Crippen molar-refractivity contribution in [3.8, 4) is 0 Å². The Morgan fingerprint density at radius 1 is 1.33 bits per heavy atom. The normalized spacial score (nSPS) is 9.92. The third kappa shape index (κ3) is 3.66. The van der Waals surface area contributed by atoms with E-state index in [0.717, 1.165) is 0 Å². The van der Waals surface area contributed by atoms with Crippen LogP contribution in [0, 0.1) is 20.2 Å². The van der Waals surface area contributed by atoms with Crippen LogP contribution in [-0.2, 0) is 4.74 Å². The van der Waals surface area contributed by atoms with E-state index in [1.54, 1.807) is 13.8 Å². The van der Waals surface area contributed by atoms with Gasteiger partial charge in [-0.15, -0.1) is 0 Å². The number of hydrogen-bond donors (Lipinski definition) is 0. The predicted molar refractivity (Wildman–Crippen MR) is 36.9 cm³/mol. The van der Waals surface area contributed by atoms with Gasteiger partial charge in [0, 0.05) is 0 Å². The van der Waals surface area contributed by atoms with Crippen molar-refractivity contribution in [1.29, 1.82) is 0 Å². The molecule has 12 heavy (non-hydrogen) atoms. The molecule has 0 N–H and O–H groups in total. The lowest BCUT2D eigenvalue weighted by molar-refractivity contribution is -0.913. The van der Waals surface area contributed by atoms with Crippen LogP contribution >= 0.6 is 0 Å². The molecule has 0 atom stereocenters. The summed E-state index contributed by atoms with van der Waals surface area (Å²) in [7, 11) is 0. The van der Waals surface area contributed by atoms with Gasteiger partial charge in [-0.1, -0.05) is 0 Å². The fraction of sp³-hybridized carbons (Fsp3) is 1.00. The summed E-state index contributed by atoms with van der Waals surface area (Å²) < 4.78 is 4.67. The lowest BCUT2D eigenvalue weighted by Crippen LogP contribution is -2.38. The van der Waals surface area contributed by atoms with Gasteiger partial charge in [0.2, 0.25) is 16.8 Å². The van der Waals surface area contributed by atoms with Crippen LogP contribution in [0.4, 0.5) is 0 Å². The molecule has 0 saturated carbocycles. The number of ether oxygens (including phenoxy) is 1. The highest BCUT2D eigenvalue weighted by Gasteiger charge is 2.27. The molecular weight excluding hydrogens is 170 g/mol. The number of hydrogen-bond acceptors (Lipinski definition) is 5. The van der Waals surface area contributed by atoms with Crippen LogP contribution in [-0.4, -0.2) is 28.0 Å². The fourth-order valence-electron chi connectivity index (χ4n) is 0.370. The highest BCUT2D eigenvalue weighted by atomic mass is 16.8. The Bertz CT molecular complexity index is 168. The average Bonchev–Trinajstić information content (AvgIpc) is 1.84. The van der Waals surface area contributed by atoms with E-state index in [2.05, 4.69) is 4.74 Å². The predicted octanol–water partition coefficient (Wildman–Crippen LogP) is 0.0543. The lowest BCUT2D eigenvalue weighted by atomic mass is 10.5. The summed E-state index contributed by atoms with van der Waals surface area (Å²) in [5, 5.41) is 17.4. The van der Waals surface area contributed by atoms with Crippen LogP contribution in [0.1, 0.15) is 13.8 Å². The molecule has 0 radical (unpaired) electrons. The summed E-state index contributed by atoms with van der Waals surface area (Å²) >= 11 is 0. The Labute approximate surface area is 68.0 Å². The summed E-state index contributed by atoms with van der Waals surface area (Å²) in [6, 6.07) is 0. The van der Waals surface area contributed by atoms with Gasteiger partial charge in [0.05, 0.1) is 6.10 Å². The minimum Gasteiger partial charge on any atom is -0.347 e. The molecule has 0 unspecified atom stereocenters. The van der Waals surface area contributed by atoms with E-state index in [4.69, 9.17) is 0 Å². The molecule has 0 rings (SSSR count). The van der Waals surface area contributed by atoms with E-state index in [9.17, 15) is 20.2 Å². The highest BCUT2D eigenvalue weighted by Crippen LogP contribution is 1.93. The van der Waals surface area contributed by atoms with Crippen molar-refractivity contribution in [2.75, 3.05) is 6.73 Å². The van der Waals surface area contributed by atoms with Crippen molar-refractivity contribution in [3.63, 3.8) is 0 Å². The van der Waals surface area contributed by atoms with Crippen molar-refractivity contribution in [1.82, 2.24) is 5.12 Å². The SMILES string of the molecule is CC(C)OCN([N+](=O)[O-])[N+](=O)[O-]. The zero-order chi connectivity index (χ0) is 9.72. The molecule has 0 aromatic heterocycles. The maximum Gasteiger partial charge on any atom is 0.248 e. The second-order valence-electron chi connectivity index (χ2n) is 2.19. The molecule has 0 aliphatic carbocycles. The van der Waals surface area contributed by atoms with Crippen LogP contribution in [0.15, 0.2) is 0 Å². The zero-order valence-corrected chi connectivity index (χ0v) is 6.67. The van der Waals surface area contributed by atoms with Crippen molar-refractivity contribution in [3.05, 3.63) is 20.2 Å². The Morgan fingerprint density at radius 3 is 2.00 bits per heavy atom. The van der Waals surface area contributed by atoms with E-state index in [0.29, 0.717) is 0 Å². The first kappa shape index (κ1) is 10.6. The molecule has 0 saturated heterocycles. The Hall–Kier alpha value is -1.44. The molecule has 0 aliphatic heterocycles. The lowest BCUT2D eigenvalue weighted by Gasteiger charge is -2.06.